The van der Waals surface area contributed by atoms with Gasteiger partial charge in [-0.15, -0.1) is 0 Å². The third-order valence-corrected chi connectivity index (χ3v) is 4.66. The molecule has 2 amide bonds. The van der Waals surface area contributed by atoms with Gasteiger partial charge in [-0.25, -0.2) is 9.69 Å². The number of imide groups is 1. The van der Waals surface area contributed by atoms with Crippen molar-refractivity contribution < 1.29 is 19.5 Å². The first-order chi connectivity index (χ1) is 9.68. The van der Waals surface area contributed by atoms with Gasteiger partial charge in [0, 0.05) is 10.9 Å². The number of nitrogens with zero attached hydrogens (tertiary/aromatic N) is 1. The molecule has 0 spiro atoms. The van der Waals surface area contributed by atoms with E-state index in [4.69, 9.17) is 0 Å². The molecule has 1 aliphatic heterocycles. The van der Waals surface area contributed by atoms with E-state index in [9.17, 15) is 19.5 Å². The Hall–Kier alpha value is -1.69. The molecule has 1 N–H and O–H groups in total. The van der Waals surface area contributed by atoms with Crippen molar-refractivity contribution in [3.8, 4) is 0 Å². The highest BCUT2D eigenvalue weighted by Crippen LogP contribution is 2.42. The van der Waals surface area contributed by atoms with Gasteiger partial charge in [0.05, 0.1) is 16.7 Å². The highest BCUT2D eigenvalue weighted by Gasteiger charge is 2.51. The monoisotopic (exact) mass is 353 g/mol. The number of hydrogen-bond donors (Lipinski definition) is 1. The van der Waals surface area contributed by atoms with Crippen LogP contribution in [0.2, 0.25) is 0 Å². The molecule has 21 heavy (non-hydrogen) atoms. The van der Waals surface area contributed by atoms with Crippen LogP contribution in [0.1, 0.15) is 37.6 Å². The maximum Gasteiger partial charge on any atom is 0.337 e. The standard InChI is InChI=1S/C15H16BrNO4/c1-8(2)15(3)7-12(18)17(14(15)21)11-6-9(16)4-5-10(11)13(19)20/h4-6,8H,7H2,1-3H3,(H,19,20). The van der Waals surface area contributed by atoms with Crippen LogP contribution in [0.5, 0.6) is 0 Å². The third kappa shape index (κ3) is 2.48. The number of benzene rings is 1. The summed E-state index contributed by atoms with van der Waals surface area (Å²) < 4.78 is 0.612. The molecule has 0 saturated carbocycles. The van der Waals surface area contributed by atoms with Crippen molar-refractivity contribution in [2.45, 2.75) is 27.2 Å². The normalized spacial score (nSPS) is 22.2. The number of carboxylic acid groups (broad SMARTS) is 1. The second-order valence-corrected chi connectivity index (χ2v) is 6.67. The number of amides is 2. The first-order valence-electron chi connectivity index (χ1n) is 6.58. The molecule has 0 aromatic heterocycles. The van der Waals surface area contributed by atoms with Gasteiger partial charge >= 0.3 is 5.97 Å². The summed E-state index contributed by atoms with van der Waals surface area (Å²) in [6, 6.07) is 4.44. The van der Waals surface area contributed by atoms with Gasteiger partial charge in [0.2, 0.25) is 11.8 Å². The molecule has 0 aliphatic carbocycles. The Morgan fingerprint density at radius 3 is 2.48 bits per heavy atom. The molecule has 1 aromatic rings. The van der Waals surface area contributed by atoms with Crippen molar-refractivity contribution >= 4 is 39.4 Å². The maximum absolute atomic E-state index is 12.7. The van der Waals surface area contributed by atoms with Crippen molar-refractivity contribution in [2.75, 3.05) is 4.90 Å². The van der Waals surface area contributed by atoms with Crippen LogP contribution in [0.25, 0.3) is 0 Å². The molecule has 1 aromatic carbocycles. The van der Waals surface area contributed by atoms with E-state index in [1.54, 1.807) is 13.0 Å². The number of carbonyl (C=O) groups is 3. The van der Waals surface area contributed by atoms with E-state index in [0.717, 1.165) is 4.90 Å². The first-order valence-corrected chi connectivity index (χ1v) is 7.38. The average Bonchev–Trinajstić information content (AvgIpc) is 2.60. The van der Waals surface area contributed by atoms with Gasteiger partial charge in [-0.1, -0.05) is 29.8 Å². The first kappa shape index (κ1) is 15.7. The summed E-state index contributed by atoms with van der Waals surface area (Å²) in [7, 11) is 0. The Morgan fingerprint density at radius 2 is 2.00 bits per heavy atom. The molecule has 0 radical (unpaired) electrons. The molecule has 1 heterocycles. The van der Waals surface area contributed by atoms with Crippen LogP contribution >= 0.6 is 15.9 Å². The predicted octanol–water partition coefficient (Wildman–Crippen LogP) is 3.07. The Balaban J connectivity index is 2.58. The van der Waals surface area contributed by atoms with Crippen LogP contribution < -0.4 is 4.90 Å². The number of aromatic carboxylic acids is 1. The van der Waals surface area contributed by atoms with Crippen molar-refractivity contribution in [1.82, 2.24) is 0 Å². The summed E-state index contributed by atoms with van der Waals surface area (Å²) in [5.41, 5.74) is -0.737. The minimum atomic E-state index is -1.17. The maximum atomic E-state index is 12.7. The zero-order valence-corrected chi connectivity index (χ0v) is 13.6. The van der Waals surface area contributed by atoms with E-state index < -0.39 is 11.4 Å². The molecular formula is C15H16BrNO4. The van der Waals surface area contributed by atoms with Crippen LogP contribution in [0.15, 0.2) is 22.7 Å². The van der Waals surface area contributed by atoms with Crippen LogP contribution in [-0.4, -0.2) is 22.9 Å². The topological polar surface area (TPSA) is 74.7 Å². The van der Waals surface area contributed by atoms with E-state index in [2.05, 4.69) is 15.9 Å². The van der Waals surface area contributed by atoms with Crippen LogP contribution in [0.4, 0.5) is 5.69 Å². The smallest absolute Gasteiger partial charge is 0.337 e. The lowest BCUT2D eigenvalue weighted by Crippen LogP contribution is -2.37. The number of anilines is 1. The van der Waals surface area contributed by atoms with Gasteiger partial charge in [0.1, 0.15) is 0 Å². The Labute approximate surface area is 131 Å². The van der Waals surface area contributed by atoms with E-state index in [-0.39, 0.29) is 35.4 Å². The molecule has 1 saturated heterocycles. The largest absolute Gasteiger partial charge is 0.478 e. The van der Waals surface area contributed by atoms with Crippen molar-refractivity contribution in [3.63, 3.8) is 0 Å². The Bertz CT molecular complexity index is 641. The van der Waals surface area contributed by atoms with Crippen LogP contribution in [-0.2, 0) is 9.59 Å². The molecule has 5 nitrogen and oxygen atoms in total. The molecule has 1 aliphatic rings. The fourth-order valence-corrected chi connectivity index (χ4v) is 2.75. The van der Waals surface area contributed by atoms with Crippen LogP contribution in [0.3, 0.4) is 0 Å². The van der Waals surface area contributed by atoms with Gasteiger partial charge in [-0.05, 0) is 31.0 Å². The van der Waals surface area contributed by atoms with Gasteiger partial charge in [-0.2, -0.15) is 0 Å². The van der Waals surface area contributed by atoms with Crippen molar-refractivity contribution in [1.29, 1.82) is 0 Å². The van der Waals surface area contributed by atoms with E-state index in [1.165, 1.54) is 12.1 Å². The summed E-state index contributed by atoms with van der Waals surface area (Å²) >= 11 is 3.25. The fraction of sp³-hybridized carbons (Fsp3) is 0.400. The fourth-order valence-electron chi connectivity index (χ4n) is 2.40. The van der Waals surface area contributed by atoms with Gasteiger partial charge in [-0.3, -0.25) is 9.59 Å². The molecule has 0 bridgehead atoms. The summed E-state index contributed by atoms with van der Waals surface area (Å²) in [4.78, 5) is 37.3. The lowest BCUT2D eigenvalue weighted by Gasteiger charge is -2.26. The minimum absolute atomic E-state index is 0.0145. The third-order valence-electron chi connectivity index (χ3n) is 4.16. The molecular weight excluding hydrogens is 338 g/mol. The van der Waals surface area contributed by atoms with E-state index in [1.807, 2.05) is 13.8 Å². The molecule has 1 unspecified atom stereocenters. The SMILES string of the molecule is CC(C)C1(C)CC(=O)N(c2cc(Br)ccc2C(=O)O)C1=O. The molecule has 1 fully saturated rings. The lowest BCUT2D eigenvalue weighted by atomic mass is 9.78. The van der Waals surface area contributed by atoms with E-state index >= 15 is 0 Å². The highest BCUT2D eigenvalue weighted by molar-refractivity contribution is 9.10. The zero-order chi connectivity index (χ0) is 15.9. The van der Waals surface area contributed by atoms with Gasteiger partial charge in [0.25, 0.3) is 0 Å². The number of hydrogen-bond acceptors (Lipinski definition) is 3. The van der Waals surface area contributed by atoms with E-state index in [0.29, 0.717) is 4.47 Å². The van der Waals surface area contributed by atoms with Crippen molar-refractivity contribution in [3.05, 3.63) is 28.2 Å². The second-order valence-electron chi connectivity index (χ2n) is 5.75. The molecule has 6 heteroatoms. The Kier molecular flexibility index (Phi) is 3.93. The van der Waals surface area contributed by atoms with Gasteiger partial charge in [0.15, 0.2) is 0 Å². The molecule has 2 rings (SSSR count). The number of carbonyl (C=O) groups excluding carboxylic acids is 2. The summed E-state index contributed by atoms with van der Waals surface area (Å²) in [5, 5.41) is 9.26. The molecule has 112 valence electrons. The number of rotatable bonds is 3. The predicted molar refractivity (Wildman–Crippen MR) is 81.2 cm³/mol. The van der Waals surface area contributed by atoms with Crippen LogP contribution in [0, 0.1) is 11.3 Å². The van der Waals surface area contributed by atoms with Gasteiger partial charge < -0.3 is 5.11 Å². The average molecular weight is 354 g/mol. The highest BCUT2D eigenvalue weighted by atomic mass is 79.9. The summed E-state index contributed by atoms with van der Waals surface area (Å²) in [6.07, 6.45) is 0.0923. The second kappa shape index (κ2) is 5.26. The molecule has 1 atom stereocenters. The number of carboxylic acids is 1. The summed E-state index contributed by atoms with van der Waals surface area (Å²) in [6.45, 7) is 5.51. The summed E-state index contributed by atoms with van der Waals surface area (Å²) in [5.74, 6) is -1.89. The minimum Gasteiger partial charge on any atom is -0.478 e. The van der Waals surface area contributed by atoms with Crippen molar-refractivity contribution in [2.24, 2.45) is 11.3 Å². The zero-order valence-electron chi connectivity index (χ0n) is 12.0. The quantitative estimate of drug-likeness (QED) is 0.847. The number of halogens is 1. The lowest BCUT2D eigenvalue weighted by molar-refractivity contribution is -0.126. The Morgan fingerprint density at radius 1 is 1.38 bits per heavy atom.